The van der Waals surface area contributed by atoms with E-state index in [4.69, 9.17) is 23.7 Å². The molecule has 1 aliphatic heterocycles. The molecule has 2 saturated carbocycles. The number of benzene rings is 1. The highest BCUT2D eigenvalue weighted by atomic mass is 16.9. The highest BCUT2D eigenvalue weighted by Crippen LogP contribution is 2.69. The van der Waals surface area contributed by atoms with Crippen molar-refractivity contribution in [2.45, 2.75) is 69.9 Å². The van der Waals surface area contributed by atoms with Gasteiger partial charge in [-0.1, -0.05) is 13.0 Å². The number of fused-ring (bicyclic) bond motifs is 6. The molecule has 4 aliphatic rings. The second-order valence-electron chi connectivity index (χ2n) is 10.1. The van der Waals surface area contributed by atoms with Gasteiger partial charge in [0.15, 0.2) is 0 Å². The second-order valence-corrected chi connectivity index (χ2v) is 10.1. The molecule has 6 heteroatoms. The topological polar surface area (TPSA) is 63.2 Å². The minimum atomic E-state index is -1.20. The summed E-state index contributed by atoms with van der Waals surface area (Å²) in [6.07, 6.45) is 7.67. The van der Waals surface area contributed by atoms with Crippen molar-refractivity contribution >= 4 is 5.97 Å². The van der Waals surface area contributed by atoms with E-state index < -0.39 is 17.5 Å². The van der Waals surface area contributed by atoms with Crippen LogP contribution in [0.4, 0.5) is 0 Å². The van der Waals surface area contributed by atoms with Crippen LogP contribution in [0, 0.1) is 17.3 Å². The van der Waals surface area contributed by atoms with E-state index in [0.717, 1.165) is 37.9 Å². The fraction of sp³-hybridized carbons (Fsp3) is 0.654. The number of rotatable bonds is 3. The van der Waals surface area contributed by atoms with Gasteiger partial charge in [0.05, 0.1) is 20.3 Å². The van der Waals surface area contributed by atoms with Crippen molar-refractivity contribution in [2.75, 3.05) is 21.3 Å². The number of ether oxygens (including phenoxy) is 5. The van der Waals surface area contributed by atoms with Crippen LogP contribution in [-0.2, 0) is 30.2 Å². The van der Waals surface area contributed by atoms with Crippen molar-refractivity contribution in [3.05, 3.63) is 41.2 Å². The van der Waals surface area contributed by atoms with Crippen molar-refractivity contribution < 1.29 is 28.5 Å². The molecule has 3 fully saturated rings. The van der Waals surface area contributed by atoms with Crippen molar-refractivity contribution in [1.29, 1.82) is 0 Å². The third-order valence-corrected chi connectivity index (χ3v) is 8.93. The van der Waals surface area contributed by atoms with Gasteiger partial charge in [-0.05, 0) is 79.5 Å². The van der Waals surface area contributed by atoms with E-state index in [-0.39, 0.29) is 5.41 Å². The molecule has 1 heterocycles. The van der Waals surface area contributed by atoms with Gasteiger partial charge in [-0.3, -0.25) is 0 Å². The largest absolute Gasteiger partial charge is 0.497 e. The predicted molar refractivity (Wildman–Crippen MR) is 118 cm³/mol. The van der Waals surface area contributed by atoms with Gasteiger partial charge in [0.1, 0.15) is 17.1 Å². The van der Waals surface area contributed by atoms with E-state index >= 15 is 0 Å². The first-order chi connectivity index (χ1) is 15.3. The molecule has 0 bridgehead atoms. The van der Waals surface area contributed by atoms with Crippen LogP contribution in [0.2, 0.25) is 0 Å². The van der Waals surface area contributed by atoms with Gasteiger partial charge in [-0.25, -0.2) is 4.79 Å². The van der Waals surface area contributed by atoms with Crippen LogP contribution in [-0.4, -0.2) is 38.9 Å². The maximum absolute atomic E-state index is 12.2. The van der Waals surface area contributed by atoms with Gasteiger partial charge < -0.3 is 23.7 Å². The van der Waals surface area contributed by atoms with Gasteiger partial charge in [0.25, 0.3) is 0 Å². The Kier molecular flexibility index (Phi) is 5.10. The van der Waals surface area contributed by atoms with Gasteiger partial charge >= 0.3 is 11.9 Å². The zero-order valence-corrected chi connectivity index (χ0v) is 19.7. The van der Waals surface area contributed by atoms with Gasteiger partial charge in [-0.2, -0.15) is 0 Å². The van der Waals surface area contributed by atoms with Gasteiger partial charge in [0, 0.05) is 19.4 Å². The molecule has 6 atom stereocenters. The van der Waals surface area contributed by atoms with Crippen molar-refractivity contribution in [2.24, 2.45) is 17.3 Å². The molecule has 1 saturated heterocycles. The van der Waals surface area contributed by atoms with Crippen LogP contribution in [0.5, 0.6) is 5.75 Å². The molecular weight excluding hydrogens is 408 g/mol. The SMILES string of the molecule is COC(=O)/C=C1\OC(C)(OC)O[C@]12CC[C@H]1[C@@H]3CCc4cc(OC)ccc4[C@H]3CC[C@@]12C. The first-order valence-electron chi connectivity index (χ1n) is 11.7. The molecule has 1 spiro atoms. The minimum absolute atomic E-state index is 0.145. The van der Waals surface area contributed by atoms with Crippen molar-refractivity contribution in [3.8, 4) is 5.75 Å². The van der Waals surface area contributed by atoms with E-state index in [1.807, 2.05) is 0 Å². The quantitative estimate of drug-likeness (QED) is 0.499. The maximum atomic E-state index is 12.2. The van der Waals surface area contributed by atoms with Crippen LogP contribution < -0.4 is 4.74 Å². The lowest BCUT2D eigenvalue weighted by Gasteiger charge is -2.53. The Morgan fingerprint density at radius 3 is 2.66 bits per heavy atom. The average molecular weight is 443 g/mol. The molecular formula is C26H34O6. The number of esters is 1. The number of aryl methyl sites for hydroxylation is 1. The lowest BCUT2D eigenvalue weighted by molar-refractivity contribution is -0.331. The van der Waals surface area contributed by atoms with Crippen LogP contribution in [0.1, 0.15) is 63.0 Å². The minimum Gasteiger partial charge on any atom is -0.497 e. The average Bonchev–Trinajstić information content (AvgIpc) is 3.27. The van der Waals surface area contributed by atoms with E-state index in [1.165, 1.54) is 30.7 Å². The van der Waals surface area contributed by atoms with Crippen LogP contribution in [0.3, 0.4) is 0 Å². The Labute approximate surface area is 190 Å². The Morgan fingerprint density at radius 1 is 1.12 bits per heavy atom. The summed E-state index contributed by atoms with van der Waals surface area (Å²) in [6, 6.07) is 6.59. The second kappa shape index (κ2) is 7.49. The van der Waals surface area contributed by atoms with Gasteiger partial charge in [0.2, 0.25) is 0 Å². The summed E-state index contributed by atoms with van der Waals surface area (Å²) in [5.74, 6) is 1.50. The number of carbonyl (C=O) groups is 1. The molecule has 174 valence electrons. The third-order valence-electron chi connectivity index (χ3n) is 8.93. The highest BCUT2D eigenvalue weighted by Gasteiger charge is 2.70. The van der Waals surface area contributed by atoms with E-state index in [9.17, 15) is 4.79 Å². The molecule has 0 radical (unpaired) electrons. The zero-order chi connectivity index (χ0) is 22.7. The standard InChI is InChI=1S/C26H34O6/c1-24-12-10-19-18-9-7-17(28-3)14-16(18)6-8-20(19)21(24)11-13-26(24)22(15-23(27)29-4)31-25(2,30-5)32-26/h7,9,14-15,19-21H,6,8,10-13H2,1-5H3/b22-15-/t19-,20-,21+,24+,25?,26-/m1/s1. The molecule has 1 unspecified atom stereocenters. The molecule has 5 rings (SSSR count). The first kappa shape index (κ1) is 21.8. The predicted octanol–water partition coefficient (Wildman–Crippen LogP) is 4.71. The fourth-order valence-electron chi connectivity index (χ4n) is 7.32. The maximum Gasteiger partial charge on any atom is 0.333 e. The summed E-state index contributed by atoms with van der Waals surface area (Å²) in [6.45, 7) is 4.11. The molecule has 32 heavy (non-hydrogen) atoms. The summed E-state index contributed by atoms with van der Waals surface area (Å²) in [7, 11) is 4.69. The van der Waals surface area contributed by atoms with Crippen LogP contribution >= 0.6 is 0 Å². The summed E-state index contributed by atoms with van der Waals surface area (Å²) >= 11 is 0. The molecule has 0 N–H and O–H groups in total. The van der Waals surface area contributed by atoms with E-state index in [1.54, 1.807) is 21.1 Å². The smallest absolute Gasteiger partial charge is 0.333 e. The number of hydrogen-bond donors (Lipinski definition) is 0. The Morgan fingerprint density at radius 2 is 1.94 bits per heavy atom. The fourth-order valence-corrected chi connectivity index (χ4v) is 7.32. The van der Waals surface area contributed by atoms with Crippen LogP contribution in [0.25, 0.3) is 0 Å². The monoisotopic (exact) mass is 442 g/mol. The highest BCUT2D eigenvalue weighted by molar-refractivity contribution is 5.82. The summed E-state index contributed by atoms with van der Waals surface area (Å²) < 4.78 is 28.7. The molecule has 0 aromatic heterocycles. The Hall–Kier alpha value is -2.05. The van der Waals surface area contributed by atoms with Crippen molar-refractivity contribution in [3.63, 3.8) is 0 Å². The van der Waals surface area contributed by atoms with Crippen LogP contribution in [0.15, 0.2) is 30.0 Å². The lowest BCUT2D eigenvalue weighted by Crippen LogP contribution is -2.52. The Bertz CT molecular complexity index is 956. The lowest BCUT2D eigenvalue weighted by atomic mass is 9.53. The molecule has 1 aromatic rings. The van der Waals surface area contributed by atoms with E-state index in [0.29, 0.717) is 23.5 Å². The molecule has 3 aliphatic carbocycles. The molecule has 0 amide bonds. The zero-order valence-electron chi connectivity index (χ0n) is 19.7. The molecule has 1 aromatic carbocycles. The summed E-state index contributed by atoms with van der Waals surface area (Å²) in [5.41, 5.74) is 2.09. The molecule has 6 nitrogen and oxygen atoms in total. The third kappa shape index (κ3) is 2.95. The summed E-state index contributed by atoms with van der Waals surface area (Å²) in [4.78, 5) is 12.2. The Balaban J connectivity index is 1.52. The number of hydrogen-bond acceptors (Lipinski definition) is 6. The van der Waals surface area contributed by atoms with Crippen molar-refractivity contribution in [1.82, 2.24) is 0 Å². The number of carbonyl (C=O) groups excluding carboxylic acids is 1. The number of methoxy groups -OCH3 is 3. The summed E-state index contributed by atoms with van der Waals surface area (Å²) in [5, 5.41) is 0. The van der Waals surface area contributed by atoms with E-state index in [2.05, 4.69) is 25.1 Å². The first-order valence-corrected chi connectivity index (χ1v) is 11.7. The normalized spacial score (nSPS) is 41.0. The van der Waals surface area contributed by atoms with Gasteiger partial charge in [-0.15, -0.1) is 0 Å².